The quantitative estimate of drug-likeness (QED) is 0.388. The molecule has 0 aromatic heterocycles. The molecule has 5 N–H and O–H groups in total. The SMILES string of the molecule is CC1C=CCC(C(=O)O)C1NCCCC[C@H](N)C(=O)O. The average Bonchev–Trinajstić information content (AvgIpc) is 2.39. The Hall–Kier alpha value is -1.40. The summed E-state index contributed by atoms with van der Waals surface area (Å²) in [6, 6.07) is -0.871. The number of hydrogen-bond donors (Lipinski definition) is 4. The summed E-state index contributed by atoms with van der Waals surface area (Å²) < 4.78 is 0. The van der Waals surface area contributed by atoms with Crippen LogP contribution in [-0.2, 0) is 9.59 Å². The largest absolute Gasteiger partial charge is 0.481 e. The maximum absolute atomic E-state index is 11.2. The van der Waals surface area contributed by atoms with Gasteiger partial charge in [0.15, 0.2) is 0 Å². The van der Waals surface area contributed by atoms with E-state index in [9.17, 15) is 14.7 Å². The molecule has 6 nitrogen and oxygen atoms in total. The maximum atomic E-state index is 11.2. The van der Waals surface area contributed by atoms with E-state index >= 15 is 0 Å². The van der Waals surface area contributed by atoms with Crippen molar-refractivity contribution >= 4 is 11.9 Å². The van der Waals surface area contributed by atoms with Gasteiger partial charge in [0, 0.05) is 6.04 Å². The lowest BCUT2D eigenvalue weighted by Gasteiger charge is -2.31. The van der Waals surface area contributed by atoms with Gasteiger partial charge in [-0.2, -0.15) is 0 Å². The van der Waals surface area contributed by atoms with E-state index in [4.69, 9.17) is 10.8 Å². The van der Waals surface area contributed by atoms with E-state index in [1.54, 1.807) is 0 Å². The van der Waals surface area contributed by atoms with Crippen molar-refractivity contribution in [2.45, 2.75) is 44.7 Å². The fraction of sp³-hybridized carbons (Fsp3) is 0.714. The van der Waals surface area contributed by atoms with E-state index in [-0.39, 0.29) is 12.0 Å². The highest BCUT2D eigenvalue weighted by molar-refractivity contribution is 5.73. The Balaban J connectivity index is 2.30. The van der Waals surface area contributed by atoms with Crippen LogP contribution >= 0.6 is 0 Å². The first kappa shape index (κ1) is 16.7. The fourth-order valence-corrected chi connectivity index (χ4v) is 2.54. The normalized spacial score (nSPS) is 27.2. The van der Waals surface area contributed by atoms with Crippen molar-refractivity contribution < 1.29 is 19.8 Å². The summed E-state index contributed by atoms with van der Waals surface area (Å²) in [4.78, 5) is 21.8. The maximum Gasteiger partial charge on any atom is 0.320 e. The van der Waals surface area contributed by atoms with Crippen molar-refractivity contribution in [1.82, 2.24) is 5.32 Å². The third-order valence-corrected chi connectivity index (χ3v) is 3.79. The van der Waals surface area contributed by atoms with Crippen molar-refractivity contribution in [1.29, 1.82) is 0 Å². The lowest BCUT2D eigenvalue weighted by Crippen LogP contribution is -2.45. The van der Waals surface area contributed by atoms with Gasteiger partial charge in [-0.1, -0.05) is 25.5 Å². The minimum Gasteiger partial charge on any atom is -0.481 e. The molecule has 0 bridgehead atoms. The van der Waals surface area contributed by atoms with Crippen LogP contribution in [0.5, 0.6) is 0 Å². The van der Waals surface area contributed by atoms with E-state index in [1.165, 1.54) is 0 Å². The van der Waals surface area contributed by atoms with Crippen molar-refractivity contribution in [2.75, 3.05) is 6.54 Å². The highest BCUT2D eigenvalue weighted by Crippen LogP contribution is 2.24. The Morgan fingerprint density at radius 1 is 1.40 bits per heavy atom. The zero-order chi connectivity index (χ0) is 15.1. The summed E-state index contributed by atoms with van der Waals surface area (Å²) in [7, 11) is 0. The molecule has 0 radical (unpaired) electrons. The molecule has 0 aliphatic heterocycles. The number of allylic oxidation sites excluding steroid dienone is 1. The van der Waals surface area contributed by atoms with Crippen LogP contribution in [-0.4, -0.2) is 40.8 Å². The van der Waals surface area contributed by atoms with Crippen molar-refractivity contribution in [3.8, 4) is 0 Å². The van der Waals surface area contributed by atoms with Crippen LogP contribution in [0.3, 0.4) is 0 Å². The Kier molecular flexibility index (Phi) is 6.67. The highest BCUT2D eigenvalue weighted by Gasteiger charge is 2.32. The Bertz CT molecular complexity index is 370. The first-order valence-corrected chi connectivity index (χ1v) is 7.04. The minimum absolute atomic E-state index is 0.0642. The number of carboxylic acids is 2. The second-order valence-electron chi connectivity index (χ2n) is 5.39. The fourth-order valence-electron chi connectivity index (χ4n) is 2.54. The van der Waals surface area contributed by atoms with Crippen LogP contribution in [0, 0.1) is 11.8 Å². The molecule has 114 valence electrons. The molecule has 4 atom stereocenters. The Morgan fingerprint density at radius 2 is 2.10 bits per heavy atom. The minimum atomic E-state index is -0.977. The number of carboxylic acid groups (broad SMARTS) is 2. The molecule has 0 aromatic carbocycles. The predicted molar refractivity (Wildman–Crippen MR) is 75.3 cm³/mol. The lowest BCUT2D eigenvalue weighted by atomic mass is 9.82. The first-order chi connectivity index (χ1) is 9.43. The predicted octanol–water partition coefficient (Wildman–Crippen LogP) is 0.824. The molecule has 0 saturated carbocycles. The summed E-state index contributed by atoms with van der Waals surface area (Å²) in [5.74, 6) is -1.95. The third kappa shape index (κ3) is 4.94. The number of unbranched alkanes of at least 4 members (excludes halogenated alkanes) is 1. The van der Waals surface area contributed by atoms with Gasteiger partial charge in [-0.25, -0.2) is 0 Å². The molecule has 0 heterocycles. The number of nitrogens with one attached hydrogen (secondary N) is 1. The summed E-state index contributed by atoms with van der Waals surface area (Å²) >= 11 is 0. The van der Waals surface area contributed by atoms with Crippen LogP contribution < -0.4 is 11.1 Å². The monoisotopic (exact) mass is 284 g/mol. The second-order valence-corrected chi connectivity index (χ2v) is 5.39. The molecule has 0 saturated heterocycles. The molecule has 1 aliphatic carbocycles. The van der Waals surface area contributed by atoms with Crippen molar-refractivity contribution in [3.63, 3.8) is 0 Å². The van der Waals surface area contributed by atoms with Crippen LogP contribution in [0.15, 0.2) is 12.2 Å². The lowest BCUT2D eigenvalue weighted by molar-refractivity contribution is -0.143. The van der Waals surface area contributed by atoms with E-state index in [0.717, 1.165) is 12.8 Å². The molecule has 0 amide bonds. The molecule has 1 aliphatic rings. The molecule has 0 fully saturated rings. The van der Waals surface area contributed by atoms with Crippen molar-refractivity contribution in [3.05, 3.63) is 12.2 Å². The van der Waals surface area contributed by atoms with Crippen molar-refractivity contribution in [2.24, 2.45) is 17.6 Å². The van der Waals surface area contributed by atoms with Gasteiger partial charge in [-0.3, -0.25) is 9.59 Å². The smallest absolute Gasteiger partial charge is 0.320 e. The molecule has 1 rings (SSSR count). The van der Waals surface area contributed by atoms with Crippen LogP contribution in [0.2, 0.25) is 0 Å². The Labute approximate surface area is 119 Å². The van der Waals surface area contributed by atoms with E-state index < -0.39 is 23.9 Å². The van der Waals surface area contributed by atoms with Gasteiger partial charge in [0.1, 0.15) is 6.04 Å². The number of rotatable bonds is 8. The third-order valence-electron chi connectivity index (χ3n) is 3.79. The molecular weight excluding hydrogens is 260 g/mol. The first-order valence-electron chi connectivity index (χ1n) is 7.04. The summed E-state index contributed by atoms with van der Waals surface area (Å²) in [6.45, 7) is 2.68. The van der Waals surface area contributed by atoms with E-state index in [2.05, 4.69) is 5.32 Å². The topological polar surface area (TPSA) is 113 Å². The van der Waals surface area contributed by atoms with Gasteiger partial charge in [-0.15, -0.1) is 0 Å². The summed E-state index contributed by atoms with van der Waals surface area (Å²) in [5.41, 5.74) is 5.42. The molecule has 0 aromatic rings. The molecule has 20 heavy (non-hydrogen) atoms. The number of hydrogen-bond acceptors (Lipinski definition) is 4. The van der Waals surface area contributed by atoms with Gasteiger partial charge in [0.2, 0.25) is 0 Å². The highest BCUT2D eigenvalue weighted by atomic mass is 16.4. The Morgan fingerprint density at radius 3 is 2.70 bits per heavy atom. The summed E-state index contributed by atoms with van der Waals surface area (Å²) in [5, 5.41) is 21.2. The molecule has 0 spiro atoms. The average molecular weight is 284 g/mol. The number of aliphatic carboxylic acids is 2. The van der Waals surface area contributed by atoms with Crippen LogP contribution in [0.25, 0.3) is 0 Å². The van der Waals surface area contributed by atoms with Gasteiger partial charge in [0.25, 0.3) is 0 Å². The van der Waals surface area contributed by atoms with Crippen LogP contribution in [0.1, 0.15) is 32.6 Å². The second kappa shape index (κ2) is 8.01. The number of carbonyl (C=O) groups is 2. The molecule has 6 heteroatoms. The zero-order valence-electron chi connectivity index (χ0n) is 11.8. The van der Waals surface area contributed by atoms with Crippen LogP contribution in [0.4, 0.5) is 0 Å². The van der Waals surface area contributed by atoms with Gasteiger partial charge >= 0.3 is 11.9 Å². The van der Waals surface area contributed by atoms with E-state index in [0.29, 0.717) is 19.4 Å². The summed E-state index contributed by atoms with van der Waals surface area (Å²) in [6.07, 6.45) is 6.47. The van der Waals surface area contributed by atoms with Gasteiger partial charge in [-0.05, 0) is 31.7 Å². The van der Waals surface area contributed by atoms with Gasteiger partial charge < -0.3 is 21.3 Å². The molecular formula is C14H24N2O4. The standard InChI is InChI=1S/C14H24N2O4/c1-9-5-4-6-10(13(17)18)12(9)16-8-3-2-7-11(15)14(19)20/h4-5,9-12,16H,2-3,6-8,15H2,1H3,(H,17,18)(H,19,20)/t9?,10?,11-,12?/m0/s1. The van der Waals surface area contributed by atoms with E-state index in [1.807, 2.05) is 19.1 Å². The zero-order valence-corrected chi connectivity index (χ0v) is 11.8. The van der Waals surface area contributed by atoms with Gasteiger partial charge in [0.05, 0.1) is 5.92 Å². The molecule has 3 unspecified atom stereocenters. The number of nitrogens with two attached hydrogens (primary N) is 1.